The average Bonchev–Trinajstić information content (AvgIpc) is 2.76. The van der Waals surface area contributed by atoms with Crippen LogP contribution in [0.5, 0.6) is 0 Å². The molecule has 0 radical (unpaired) electrons. The highest BCUT2D eigenvalue weighted by Gasteiger charge is 2.12. The lowest BCUT2D eigenvalue weighted by atomic mass is 10.0. The molecule has 1 heterocycles. The summed E-state index contributed by atoms with van der Waals surface area (Å²) >= 11 is 0. The summed E-state index contributed by atoms with van der Waals surface area (Å²) in [6.45, 7) is 13.0. The zero-order valence-electron chi connectivity index (χ0n) is 20.7. The number of aryl methyl sites for hydroxylation is 2. The second-order valence-corrected chi connectivity index (χ2v) is 8.11. The van der Waals surface area contributed by atoms with Crippen molar-refractivity contribution in [3.05, 3.63) is 71.2 Å². The van der Waals surface area contributed by atoms with Gasteiger partial charge < -0.3 is 15.8 Å². The predicted octanol–water partition coefficient (Wildman–Crippen LogP) is 5.28. The standard InChI is InChI=1S/C26H43N5O/c1-7-9-10-11-12-16-23-17-18-24(30-22(23)5)25(27)26(31(6)28)29-20(3)14-13-15-21(4)32-19-8-2/h13-15,17-18,29H,3,7-12,16,19,27-28H2,1-2,4-6H3/b14-13-,21-15+,26-25-. The van der Waals surface area contributed by atoms with Crippen LogP contribution in [0.2, 0.25) is 0 Å². The van der Waals surface area contributed by atoms with Crippen molar-refractivity contribution in [2.24, 2.45) is 11.6 Å². The molecule has 0 fully saturated rings. The van der Waals surface area contributed by atoms with Crippen LogP contribution >= 0.6 is 0 Å². The molecule has 0 unspecified atom stereocenters. The van der Waals surface area contributed by atoms with Crippen molar-refractivity contribution in [2.75, 3.05) is 13.7 Å². The van der Waals surface area contributed by atoms with Crippen molar-refractivity contribution in [1.29, 1.82) is 0 Å². The summed E-state index contributed by atoms with van der Waals surface area (Å²) < 4.78 is 5.54. The number of nitrogens with one attached hydrogen (secondary N) is 1. The summed E-state index contributed by atoms with van der Waals surface area (Å²) in [4.78, 5) is 4.73. The number of hydrogen-bond acceptors (Lipinski definition) is 6. The van der Waals surface area contributed by atoms with Gasteiger partial charge in [-0.25, -0.2) is 5.84 Å². The summed E-state index contributed by atoms with van der Waals surface area (Å²) in [5, 5.41) is 4.63. The number of rotatable bonds is 15. The maximum atomic E-state index is 6.43. The SMILES string of the molecule is C=C(/C=C\C=C(/C)OCCC)N/C(=C(/N)c1ccc(CCCCCCC)c(C)n1)N(C)N. The highest BCUT2D eigenvalue weighted by Crippen LogP contribution is 2.17. The molecule has 0 saturated carbocycles. The van der Waals surface area contributed by atoms with Crippen LogP contribution in [0, 0.1) is 6.92 Å². The van der Waals surface area contributed by atoms with E-state index in [9.17, 15) is 0 Å². The molecule has 1 aromatic heterocycles. The smallest absolute Gasteiger partial charge is 0.146 e. The zero-order chi connectivity index (χ0) is 23.9. The molecule has 0 aliphatic heterocycles. The molecule has 0 bridgehead atoms. The first kappa shape index (κ1) is 27.3. The minimum absolute atomic E-state index is 0.472. The summed E-state index contributed by atoms with van der Waals surface area (Å²) in [5.41, 5.74) is 10.5. The van der Waals surface area contributed by atoms with Crippen LogP contribution in [0.25, 0.3) is 5.70 Å². The van der Waals surface area contributed by atoms with E-state index in [0.29, 0.717) is 29.5 Å². The summed E-state index contributed by atoms with van der Waals surface area (Å²) in [6, 6.07) is 4.09. The molecule has 1 aromatic rings. The molecule has 0 aliphatic carbocycles. The predicted molar refractivity (Wildman–Crippen MR) is 136 cm³/mol. The molecule has 0 aliphatic rings. The Hall–Kier alpha value is -2.73. The van der Waals surface area contributed by atoms with Crippen LogP contribution < -0.4 is 16.9 Å². The van der Waals surface area contributed by atoms with Gasteiger partial charge in [0.1, 0.15) is 11.5 Å². The van der Waals surface area contributed by atoms with Crippen LogP contribution in [-0.4, -0.2) is 23.6 Å². The molecule has 0 spiro atoms. The second kappa shape index (κ2) is 15.1. The van der Waals surface area contributed by atoms with Gasteiger partial charge in [-0.2, -0.15) is 0 Å². The Bertz CT molecular complexity index is 808. The van der Waals surface area contributed by atoms with Gasteiger partial charge in [0, 0.05) is 18.4 Å². The molecular weight excluding hydrogens is 398 g/mol. The van der Waals surface area contributed by atoms with Gasteiger partial charge in [0.2, 0.25) is 0 Å². The Labute approximate surface area is 195 Å². The topological polar surface area (TPSA) is 89.4 Å². The Balaban J connectivity index is 2.87. The van der Waals surface area contributed by atoms with Crippen molar-refractivity contribution in [1.82, 2.24) is 15.3 Å². The number of allylic oxidation sites excluding steroid dienone is 4. The monoisotopic (exact) mass is 441 g/mol. The molecule has 0 amide bonds. The number of hydrazine groups is 1. The van der Waals surface area contributed by atoms with E-state index in [-0.39, 0.29) is 0 Å². The van der Waals surface area contributed by atoms with E-state index in [0.717, 1.165) is 24.3 Å². The van der Waals surface area contributed by atoms with Gasteiger partial charge in [-0.15, -0.1) is 0 Å². The van der Waals surface area contributed by atoms with Crippen LogP contribution in [0.3, 0.4) is 0 Å². The molecule has 6 nitrogen and oxygen atoms in total. The first-order valence-electron chi connectivity index (χ1n) is 11.7. The van der Waals surface area contributed by atoms with E-state index in [4.69, 9.17) is 21.3 Å². The van der Waals surface area contributed by atoms with Crippen LogP contribution in [0.4, 0.5) is 0 Å². The maximum absolute atomic E-state index is 6.43. The molecule has 0 saturated heterocycles. The number of ether oxygens (including phenoxy) is 1. The van der Waals surface area contributed by atoms with Gasteiger partial charge in [-0.3, -0.25) is 9.99 Å². The number of pyridine rings is 1. The highest BCUT2D eigenvalue weighted by molar-refractivity contribution is 5.63. The van der Waals surface area contributed by atoms with Gasteiger partial charge in [0.05, 0.1) is 18.1 Å². The van der Waals surface area contributed by atoms with Crippen molar-refractivity contribution >= 4 is 5.70 Å². The molecule has 6 heteroatoms. The van der Waals surface area contributed by atoms with Gasteiger partial charge in [-0.05, 0) is 56.9 Å². The van der Waals surface area contributed by atoms with E-state index in [2.05, 4.69) is 31.8 Å². The van der Waals surface area contributed by atoms with Crippen LogP contribution in [-0.2, 0) is 11.2 Å². The first-order chi connectivity index (χ1) is 15.3. The van der Waals surface area contributed by atoms with E-state index in [1.54, 1.807) is 7.05 Å². The van der Waals surface area contributed by atoms with Gasteiger partial charge >= 0.3 is 0 Å². The Morgan fingerprint density at radius 1 is 1.19 bits per heavy atom. The number of aromatic nitrogens is 1. The average molecular weight is 442 g/mol. The number of hydrogen-bond donors (Lipinski definition) is 3. The molecule has 1 rings (SSSR count). The Kier molecular flexibility index (Phi) is 12.9. The second-order valence-electron chi connectivity index (χ2n) is 8.11. The fourth-order valence-electron chi connectivity index (χ4n) is 3.19. The first-order valence-corrected chi connectivity index (χ1v) is 11.7. The molecular formula is C26H43N5O. The van der Waals surface area contributed by atoms with Crippen molar-refractivity contribution in [3.8, 4) is 0 Å². The van der Waals surface area contributed by atoms with Crippen molar-refractivity contribution < 1.29 is 4.74 Å². The third-order valence-corrected chi connectivity index (χ3v) is 5.07. The Morgan fingerprint density at radius 3 is 2.53 bits per heavy atom. The lowest BCUT2D eigenvalue weighted by Gasteiger charge is -2.21. The fourth-order valence-corrected chi connectivity index (χ4v) is 3.19. The van der Waals surface area contributed by atoms with E-state index >= 15 is 0 Å². The number of nitrogens with two attached hydrogens (primary N) is 2. The lowest BCUT2D eigenvalue weighted by Crippen LogP contribution is -2.35. The molecule has 178 valence electrons. The minimum atomic E-state index is 0.472. The minimum Gasteiger partial charge on any atom is -0.498 e. The Morgan fingerprint density at radius 2 is 1.91 bits per heavy atom. The van der Waals surface area contributed by atoms with Crippen molar-refractivity contribution in [3.63, 3.8) is 0 Å². The van der Waals surface area contributed by atoms with Crippen molar-refractivity contribution in [2.45, 2.75) is 72.6 Å². The largest absolute Gasteiger partial charge is 0.498 e. The van der Waals surface area contributed by atoms with E-state index in [1.165, 1.54) is 42.7 Å². The summed E-state index contributed by atoms with van der Waals surface area (Å²) in [6.07, 6.45) is 14.0. The van der Waals surface area contributed by atoms with Crippen LogP contribution in [0.15, 0.2) is 54.2 Å². The van der Waals surface area contributed by atoms with E-state index in [1.807, 2.05) is 38.1 Å². The normalized spacial score (nSPS) is 12.6. The third-order valence-electron chi connectivity index (χ3n) is 5.07. The summed E-state index contributed by atoms with van der Waals surface area (Å²) in [7, 11) is 1.73. The molecule has 0 aromatic carbocycles. The van der Waals surface area contributed by atoms with E-state index < -0.39 is 0 Å². The fraction of sp³-hybridized carbons (Fsp3) is 0.500. The van der Waals surface area contributed by atoms with Gasteiger partial charge in [0.15, 0.2) is 0 Å². The molecule has 32 heavy (non-hydrogen) atoms. The molecule has 0 atom stereocenters. The third kappa shape index (κ3) is 10.1. The zero-order valence-corrected chi connectivity index (χ0v) is 20.7. The van der Waals surface area contributed by atoms with Crippen LogP contribution in [0.1, 0.15) is 76.2 Å². The molecule has 5 N–H and O–H groups in total. The highest BCUT2D eigenvalue weighted by atomic mass is 16.5. The maximum Gasteiger partial charge on any atom is 0.146 e. The number of unbranched alkanes of at least 4 members (excludes halogenated alkanes) is 4. The van der Waals surface area contributed by atoms with Gasteiger partial charge in [0.25, 0.3) is 0 Å². The summed E-state index contributed by atoms with van der Waals surface area (Å²) in [5.74, 6) is 7.43. The van der Waals surface area contributed by atoms with Gasteiger partial charge in [-0.1, -0.05) is 58.3 Å². The lowest BCUT2D eigenvalue weighted by molar-refractivity contribution is 0.214. The number of nitrogens with zero attached hydrogens (tertiary/aromatic N) is 2. The quantitative estimate of drug-likeness (QED) is 0.113.